The molecule has 6 heteroatoms. The highest BCUT2D eigenvalue weighted by Gasteiger charge is 2.15. The SMILES string of the molecule is CCn1cc(C(=O)Nc2ccc(C(=O)OC)cc2)c2cccnc21. The zero-order chi connectivity index (χ0) is 17.1. The van der Waals surface area contributed by atoms with E-state index in [9.17, 15) is 9.59 Å². The molecule has 1 aromatic carbocycles. The van der Waals surface area contributed by atoms with Crippen molar-refractivity contribution < 1.29 is 14.3 Å². The number of hydrogen-bond acceptors (Lipinski definition) is 4. The number of nitrogens with zero attached hydrogens (tertiary/aromatic N) is 2. The second-order valence-corrected chi connectivity index (χ2v) is 5.23. The van der Waals surface area contributed by atoms with Crippen molar-refractivity contribution in [3.8, 4) is 0 Å². The number of nitrogens with one attached hydrogen (secondary N) is 1. The van der Waals surface area contributed by atoms with Crippen LogP contribution in [0.4, 0.5) is 5.69 Å². The predicted octanol–water partition coefficient (Wildman–Crippen LogP) is 3.10. The predicted molar refractivity (Wildman–Crippen MR) is 91.1 cm³/mol. The van der Waals surface area contributed by atoms with Gasteiger partial charge in [0.15, 0.2) is 0 Å². The number of aromatic nitrogens is 2. The molecular weight excluding hydrogens is 306 g/mol. The Kier molecular flexibility index (Phi) is 4.29. The van der Waals surface area contributed by atoms with E-state index in [-0.39, 0.29) is 5.91 Å². The number of fused-ring (bicyclic) bond motifs is 1. The Morgan fingerprint density at radius 2 is 1.96 bits per heavy atom. The van der Waals surface area contributed by atoms with Crippen molar-refractivity contribution in [2.75, 3.05) is 12.4 Å². The van der Waals surface area contributed by atoms with Crippen LogP contribution in [0.3, 0.4) is 0 Å². The largest absolute Gasteiger partial charge is 0.465 e. The van der Waals surface area contributed by atoms with Crippen molar-refractivity contribution in [3.05, 3.63) is 59.9 Å². The first kappa shape index (κ1) is 15.7. The third-order valence-corrected chi connectivity index (χ3v) is 3.78. The van der Waals surface area contributed by atoms with E-state index in [1.807, 2.05) is 23.6 Å². The molecule has 2 heterocycles. The fraction of sp³-hybridized carbons (Fsp3) is 0.167. The number of carbonyl (C=O) groups excluding carboxylic acids is 2. The first-order chi connectivity index (χ1) is 11.6. The molecule has 1 amide bonds. The number of aryl methyl sites for hydroxylation is 1. The van der Waals surface area contributed by atoms with E-state index < -0.39 is 5.97 Å². The van der Waals surface area contributed by atoms with Crippen LogP contribution in [0.1, 0.15) is 27.6 Å². The highest BCUT2D eigenvalue weighted by atomic mass is 16.5. The van der Waals surface area contributed by atoms with E-state index in [1.54, 1.807) is 36.7 Å². The lowest BCUT2D eigenvalue weighted by atomic mass is 10.2. The van der Waals surface area contributed by atoms with Gasteiger partial charge in [-0.2, -0.15) is 0 Å². The number of ether oxygens (including phenoxy) is 1. The van der Waals surface area contributed by atoms with Crippen LogP contribution in [0.15, 0.2) is 48.8 Å². The van der Waals surface area contributed by atoms with Gasteiger partial charge in [-0.15, -0.1) is 0 Å². The topological polar surface area (TPSA) is 73.2 Å². The summed E-state index contributed by atoms with van der Waals surface area (Å²) in [4.78, 5) is 28.4. The standard InChI is InChI=1S/C18H17N3O3/c1-3-21-11-15(14-5-4-10-19-16(14)21)17(22)20-13-8-6-12(7-9-13)18(23)24-2/h4-11H,3H2,1-2H3,(H,20,22). The molecule has 0 saturated heterocycles. The summed E-state index contributed by atoms with van der Waals surface area (Å²) in [5.74, 6) is -0.629. The molecule has 0 fully saturated rings. The van der Waals surface area contributed by atoms with Crippen LogP contribution in [0.2, 0.25) is 0 Å². The van der Waals surface area contributed by atoms with Crippen LogP contribution in [0, 0.1) is 0 Å². The summed E-state index contributed by atoms with van der Waals surface area (Å²) in [6.07, 6.45) is 3.51. The van der Waals surface area contributed by atoms with Gasteiger partial charge in [0.05, 0.1) is 18.2 Å². The number of benzene rings is 1. The van der Waals surface area contributed by atoms with Crippen LogP contribution >= 0.6 is 0 Å². The summed E-state index contributed by atoms with van der Waals surface area (Å²) in [5, 5.41) is 3.65. The highest BCUT2D eigenvalue weighted by Crippen LogP contribution is 2.21. The first-order valence-electron chi connectivity index (χ1n) is 7.57. The van der Waals surface area contributed by atoms with Crippen molar-refractivity contribution in [2.45, 2.75) is 13.5 Å². The normalized spacial score (nSPS) is 10.6. The van der Waals surface area contributed by atoms with Crippen LogP contribution < -0.4 is 5.32 Å². The number of methoxy groups -OCH3 is 1. The van der Waals surface area contributed by atoms with Crippen LogP contribution in [-0.2, 0) is 11.3 Å². The molecule has 0 saturated carbocycles. The van der Waals surface area contributed by atoms with Crippen molar-refractivity contribution >= 4 is 28.6 Å². The van der Waals surface area contributed by atoms with Crippen molar-refractivity contribution in [2.24, 2.45) is 0 Å². The summed E-state index contributed by atoms with van der Waals surface area (Å²) in [6.45, 7) is 2.73. The van der Waals surface area contributed by atoms with Crippen LogP contribution in [0.5, 0.6) is 0 Å². The fourth-order valence-electron chi connectivity index (χ4n) is 2.55. The lowest BCUT2D eigenvalue weighted by molar-refractivity contribution is 0.0600. The van der Waals surface area contributed by atoms with Gasteiger partial charge in [0.25, 0.3) is 5.91 Å². The summed E-state index contributed by atoms with van der Waals surface area (Å²) >= 11 is 0. The van der Waals surface area contributed by atoms with E-state index in [0.717, 1.165) is 17.6 Å². The molecule has 0 aliphatic carbocycles. The minimum Gasteiger partial charge on any atom is -0.465 e. The maximum Gasteiger partial charge on any atom is 0.337 e. The molecule has 24 heavy (non-hydrogen) atoms. The Morgan fingerprint density at radius 1 is 1.21 bits per heavy atom. The molecule has 0 atom stereocenters. The van der Waals surface area contributed by atoms with E-state index in [4.69, 9.17) is 0 Å². The molecule has 2 aromatic heterocycles. The van der Waals surface area contributed by atoms with Crippen molar-refractivity contribution in [3.63, 3.8) is 0 Å². The Morgan fingerprint density at radius 3 is 2.62 bits per heavy atom. The average molecular weight is 323 g/mol. The maximum atomic E-state index is 12.6. The molecule has 0 bridgehead atoms. The van der Waals surface area contributed by atoms with Gasteiger partial charge in [0, 0.05) is 30.0 Å². The van der Waals surface area contributed by atoms with Gasteiger partial charge >= 0.3 is 5.97 Å². The molecule has 1 N–H and O–H groups in total. The first-order valence-corrected chi connectivity index (χ1v) is 7.57. The third-order valence-electron chi connectivity index (χ3n) is 3.78. The van der Waals surface area contributed by atoms with Gasteiger partial charge in [0.1, 0.15) is 5.65 Å². The minimum atomic E-state index is -0.412. The molecule has 6 nitrogen and oxygen atoms in total. The van der Waals surface area contributed by atoms with Crippen LogP contribution in [0.25, 0.3) is 11.0 Å². The number of esters is 1. The van der Waals surface area contributed by atoms with Crippen molar-refractivity contribution in [1.82, 2.24) is 9.55 Å². The number of hydrogen-bond donors (Lipinski definition) is 1. The van der Waals surface area contributed by atoms with Gasteiger partial charge in [-0.1, -0.05) is 0 Å². The molecule has 122 valence electrons. The van der Waals surface area contributed by atoms with E-state index >= 15 is 0 Å². The average Bonchev–Trinajstić information content (AvgIpc) is 3.00. The van der Waals surface area contributed by atoms with E-state index in [0.29, 0.717) is 16.8 Å². The van der Waals surface area contributed by atoms with Crippen LogP contribution in [-0.4, -0.2) is 28.5 Å². The Hall–Kier alpha value is -3.15. The van der Waals surface area contributed by atoms with E-state index in [1.165, 1.54) is 7.11 Å². The van der Waals surface area contributed by atoms with E-state index in [2.05, 4.69) is 15.0 Å². The van der Waals surface area contributed by atoms with Gasteiger partial charge in [-0.25, -0.2) is 9.78 Å². The minimum absolute atomic E-state index is 0.217. The lowest BCUT2D eigenvalue weighted by Crippen LogP contribution is -2.11. The van der Waals surface area contributed by atoms with Gasteiger partial charge < -0.3 is 14.6 Å². The Labute approximate surface area is 139 Å². The fourth-order valence-corrected chi connectivity index (χ4v) is 2.55. The quantitative estimate of drug-likeness (QED) is 0.749. The number of carbonyl (C=O) groups is 2. The summed E-state index contributed by atoms with van der Waals surface area (Å²) < 4.78 is 6.59. The molecule has 0 aliphatic heterocycles. The molecule has 0 radical (unpaired) electrons. The molecular formula is C18H17N3O3. The Bertz CT molecular complexity index is 898. The number of rotatable bonds is 4. The molecule has 3 aromatic rings. The van der Waals surface area contributed by atoms with Crippen molar-refractivity contribution in [1.29, 1.82) is 0 Å². The smallest absolute Gasteiger partial charge is 0.337 e. The zero-order valence-electron chi connectivity index (χ0n) is 13.4. The summed E-state index contributed by atoms with van der Waals surface area (Å²) in [5.41, 5.74) is 2.39. The number of pyridine rings is 1. The summed E-state index contributed by atoms with van der Waals surface area (Å²) in [7, 11) is 1.33. The Balaban J connectivity index is 1.86. The number of anilines is 1. The number of amides is 1. The molecule has 0 unspecified atom stereocenters. The third kappa shape index (κ3) is 2.86. The second-order valence-electron chi connectivity index (χ2n) is 5.23. The lowest BCUT2D eigenvalue weighted by Gasteiger charge is -2.05. The second kappa shape index (κ2) is 6.54. The molecule has 0 spiro atoms. The monoisotopic (exact) mass is 323 g/mol. The van der Waals surface area contributed by atoms with Gasteiger partial charge in [-0.3, -0.25) is 4.79 Å². The zero-order valence-corrected chi connectivity index (χ0v) is 13.4. The maximum absolute atomic E-state index is 12.6. The highest BCUT2D eigenvalue weighted by molar-refractivity contribution is 6.12. The molecule has 3 rings (SSSR count). The van der Waals surface area contributed by atoms with Gasteiger partial charge in [-0.05, 0) is 43.3 Å². The molecule has 0 aliphatic rings. The van der Waals surface area contributed by atoms with Gasteiger partial charge in [0.2, 0.25) is 0 Å². The summed E-state index contributed by atoms with van der Waals surface area (Å²) in [6, 6.07) is 10.2.